The summed E-state index contributed by atoms with van der Waals surface area (Å²) < 4.78 is 1.71. The van der Waals surface area contributed by atoms with Crippen LogP contribution < -0.4 is 5.32 Å². The normalized spacial score (nSPS) is 24.0. The lowest BCUT2D eigenvalue weighted by Crippen LogP contribution is -2.20. The van der Waals surface area contributed by atoms with Gasteiger partial charge in [-0.25, -0.2) is 0 Å². The Kier molecular flexibility index (Phi) is 3.24. The first-order chi connectivity index (χ1) is 11.5. The van der Waals surface area contributed by atoms with Gasteiger partial charge < -0.3 is 5.32 Å². The molecule has 2 aliphatic carbocycles. The van der Waals surface area contributed by atoms with E-state index in [2.05, 4.69) is 40.8 Å². The summed E-state index contributed by atoms with van der Waals surface area (Å²) in [4.78, 5) is 12.7. The maximum Gasteiger partial charge on any atom is 0.229 e. The number of rotatable bonds is 3. The van der Waals surface area contributed by atoms with E-state index in [1.54, 1.807) is 10.9 Å². The number of hydrogen-bond acceptors (Lipinski definition) is 3. The number of hydrogen-bond donors (Lipinski definition) is 1. The van der Waals surface area contributed by atoms with Crippen molar-refractivity contribution in [1.29, 1.82) is 5.26 Å². The lowest BCUT2D eigenvalue weighted by atomic mass is 9.95. The molecule has 2 atom stereocenters. The summed E-state index contributed by atoms with van der Waals surface area (Å²) in [6, 6.07) is 10.7. The minimum Gasteiger partial charge on any atom is -0.308 e. The smallest absolute Gasteiger partial charge is 0.229 e. The maximum absolute atomic E-state index is 12.7. The monoisotopic (exact) mass is 320 g/mol. The van der Waals surface area contributed by atoms with Crippen LogP contribution in [0.15, 0.2) is 30.5 Å². The summed E-state index contributed by atoms with van der Waals surface area (Å²) >= 11 is 0. The molecule has 0 unspecified atom stereocenters. The van der Waals surface area contributed by atoms with E-state index < -0.39 is 0 Å². The molecule has 1 aromatic heterocycles. The van der Waals surface area contributed by atoms with Crippen LogP contribution in [0.3, 0.4) is 0 Å². The van der Waals surface area contributed by atoms with Crippen LogP contribution in [-0.4, -0.2) is 15.7 Å². The number of nitrogens with one attached hydrogen (secondary N) is 1. The predicted octanol–water partition coefficient (Wildman–Crippen LogP) is 3.18. The highest BCUT2D eigenvalue weighted by Crippen LogP contribution is 2.61. The van der Waals surface area contributed by atoms with Crippen molar-refractivity contribution in [3.8, 4) is 6.07 Å². The zero-order valence-electron chi connectivity index (χ0n) is 13.9. The number of carbonyl (C=O) groups excluding carboxylic acids is 1. The van der Waals surface area contributed by atoms with Gasteiger partial charge in [-0.3, -0.25) is 9.48 Å². The van der Waals surface area contributed by atoms with Gasteiger partial charge in [0.15, 0.2) is 5.82 Å². The van der Waals surface area contributed by atoms with Gasteiger partial charge in [-0.1, -0.05) is 24.3 Å². The summed E-state index contributed by atoms with van der Waals surface area (Å²) in [6.07, 6.45) is 4.66. The molecule has 4 rings (SSSR count). The predicted molar refractivity (Wildman–Crippen MR) is 90.5 cm³/mol. The second kappa shape index (κ2) is 5.20. The number of amides is 1. The van der Waals surface area contributed by atoms with Crippen LogP contribution in [0.1, 0.15) is 49.4 Å². The molecule has 1 fully saturated rings. The highest BCUT2D eigenvalue weighted by molar-refractivity contribution is 5.96. The number of aromatic nitrogens is 2. The minimum atomic E-state index is -0.0168. The molecule has 122 valence electrons. The Labute approximate surface area is 141 Å². The SMILES string of the molecule is CC(C)n1cc(C#N)c(NC(=O)[C@H]2C[C@]23CCc2ccccc23)n1. The van der Waals surface area contributed by atoms with Gasteiger partial charge in [-0.05, 0) is 44.2 Å². The number of nitriles is 1. The van der Waals surface area contributed by atoms with E-state index in [1.165, 1.54) is 11.1 Å². The number of fused-ring (bicyclic) bond motifs is 2. The molecule has 1 aromatic carbocycles. The molecule has 2 aromatic rings. The first kappa shape index (κ1) is 14.9. The van der Waals surface area contributed by atoms with Crippen molar-refractivity contribution in [1.82, 2.24) is 9.78 Å². The average molecular weight is 320 g/mol. The van der Waals surface area contributed by atoms with Crippen molar-refractivity contribution in [2.45, 2.75) is 44.6 Å². The van der Waals surface area contributed by atoms with E-state index in [9.17, 15) is 10.1 Å². The standard InChI is InChI=1S/C19H20N4O/c1-12(2)23-11-14(10-20)17(22-23)21-18(24)16-9-19(16)8-7-13-5-3-4-6-15(13)19/h3-6,11-12,16H,7-9H2,1-2H3,(H,21,22,24)/t16-,19+/m1/s1. The number of benzene rings is 1. The third-order valence-corrected chi connectivity index (χ3v) is 5.41. The Bertz CT molecular complexity index is 860. The van der Waals surface area contributed by atoms with Crippen LogP contribution in [0, 0.1) is 17.2 Å². The molecule has 1 heterocycles. The molecule has 0 aliphatic heterocycles. The average Bonchev–Trinajstić information content (AvgIpc) is 2.98. The van der Waals surface area contributed by atoms with E-state index >= 15 is 0 Å². The third-order valence-electron chi connectivity index (χ3n) is 5.41. The van der Waals surface area contributed by atoms with Crippen molar-refractivity contribution < 1.29 is 4.79 Å². The van der Waals surface area contributed by atoms with Gasteiger partial charge >= 0.3 is 0 Å². The summed E-state index contributed by atoms with van der Waals surface area (Å²) in [5.74, 6) is 0.346. The first-order valence-corrected chi connectivity index (χ1v) is 8.43. The van der Waals surface area contributed by atoms with Crippen molar-refractivity contribution in [3.63, 3.8) is 0 Å². The lowest BCUT2D eigenvalue weighted by molar-refractivity contribution is -0.117. The fourth-order valence-corrected chi connectivity index (χ4v) is 3.97. The highest BCUT2D eigenvalue weighted by atomic mass is 16.2. The van der Waals surface area contributed by atoms with Crippen molar-refractivity contribution in [2.75, 3.05) is 5.32 Å². The fraction of sp³-hybridized carbons (Fsp3) is 0.421. The quantitative estimate of drug-likeness (QED) is 0.944. The first-order valence-electron chi connectivity index (χ1n) is 8.43. The van der Waals surface area contributed by atoms with Crippen LogP contribution in [0.4, 0.5) is 5.82 Å². The van der Waals surface area contributed by atoms with Gasteiger partial charge in [-0.15, -0.1) is 0 Å². The molecule has 24 heavy (non-hydrogen) atoms. The van der Waals surface area contributed by atoms with Gasteiger partial charge in [0.05, 0.1) is 0 Å². The number of anilines is 1. The Balaban J connectivity index is 1.55. The Hall–Kier alpha value is -2.61. The maximum atomic E-state index is 12.7. The molecule has 5 nitrogen and oxygen atoms in total. The second-order valence-electron chi connectivity index (χ2n) is 7.14. The van der Waals surface area contributed by atoms with Crippen LogP contribution in [0.5, 0.6) is 0 Å². The van der Waals surface area contributed by atoms with Crippen molar-refractivity contribution in [3.05, 3.63) is 47.2 Å². The van der Waals surface area contributed by atoms with E-state index in [0.717, 1.165) is 19.3 Å². The summed E-state index contributed by atoms with van der Waals surface area (Å²) in [5, 5.41) is 16.5. The van der Waals surface area contributed by atoms with Crippen LogP contribution >= 0.6 is 0 Å². The Morgan fingerprint density at radius 1 is 1.46 bits per heavy atom. The summed E-state index contributed by atoms with van der Waals surface area (Å²) in [5.41, 5.74) is 3.13. The number of carbonyl (C=O) groups is 1. The molecule has 0 radical (unpaired) electrons. The molecule has 1 N–H and O–H groups in total. The van der Waals surface area contributed by atoms with Gasteiger partial charge in [0, 0.05) is 23.6 Å². The Morgan fingerprint density at radius 2 is 2.25 bits per heavy atom. The Morgan fingerprint density at radius 3 is 3.00 bits per heavy atom. The van der Waals surface area contributed by atoms with E-state index in [0.29, 0.717) is 11.4 Å². The third kappa shape index (κ3) is 2.14. The van der Waals surface area contributed by atoms with Gasteiger partial charge in [0.25, 0.3) is 0 Å². The molecule has 1 spiro atoms. The highest BCUT2D eigenvalue weighted by Gasteiger charge is 2.61. The number of nitrogens with zero attached hydrogens (tertiary/aromatic N) is 3. The van der Waals surface area contributed by atoms with E-state index in [-0.39, 0.29) is 23.3 Å². The zero-order valence-corrected chi connectivity index (χ0v) is 13.9. The lowest BCUT2D eigenvalue weighted by Gasteiger charge is -2.11. The minimum absolute atomic E-state index is 0.00803. The molecule has 0 saturated heterocycles. The second-order valence-corrected chi connectivity index (χ2v) is 7.14. The van der Waals surface area contributed by atoms with Crippen molar-refractivity contribution in [2.24, 2.45) is 5.92 Å². The molecule has 1 saturated carbocycles. The zero-order chi connectivity index (χ0) is 16.9. The van der Waals surface area contributed by atoms with Gasteiger partial charge in [0.2, 0.25) is 5.91 Å². The van der Waals surface area contributed by atoms with Gasteiger partial charge in [0.1, 0.15) is 11.6 Å². The number of aryl methyl sites for hydroxylation is 1. The summed E-state index contributed by atoms with van der Waals surface area (Å²) in [7, 11) is 0. The molecular formula is C19H20N4O. The largest absolute Gasteiger partial charge is 0.308 e. The summed E-state index contributed by atoms with van der Waals surface area (Å²) in [6.45, 7) is 3.98. The van der Waals surface area contributed by atoms with Crippen molar-refractivity contribution >= 4 is 11.7 Å². The molecule has 5 heteroatoms. The van der Waals surface area contributed by atoms with Crippen LogP contribution in [0.25, 0.3) is 0 Å². The molecule has 1 amide bonds. The van der Waals surface area contributed by atoms with Crippen LogP contribution in [-0.2, 0) is 16.6 Å². The van der Waals surface area contributed by atoms with E-state index in [4.69, 9.17) is 0 Å². The van der Waals surface area contributed by atoms with E-state index in [1.807, 2.05) is 13.8 Å². The fourth-order valence-electron chi connectivity index (χ4n) is 3.97. The molecule has 0 bridgehead atoms. The van der Waals surface area contributed by atoms with Crippen LogP contribution in [0.2, 0.25) is 0 Å². The van der Waals surface area contributed by atoms with Gasteiger partial charge in [-0.2, -0.15) is 10.4 Å². The topological polar surface area (TPSA) is 70.7 Å². The molecule has 2 aliphatic rings. The molecular weight excluding hydrogens is 300 g/mol.